The predicted octanol–water partition coefficient (Wildman–Crippen LogP) is 7.90. The maximum Gasteiger partial charge on any atom is 0.333 e. The monoisotopic (exact) mass is 1010 g/mol. The third kappa shape index (κ3) is 7.20. The third-order valence-corrected chi connectivity index (χ3v) is 18.2. The third-order valence-electron chi connectivity index (χ3n) is 18.2. The Morgan fingerprint density at radius 2 is 1.69 bits per heavy atom. The number of carbonyl (C=O) groups is 3. The first kappa shape index (κ1) is 51.0. The molecule has 4 saturated carbocycles. The lowest BCUT2D eigenvalue weighted by Crippen LogP contribution is -2.86. The van der Waals surface area contributed by atoms with E-state index in [4.69, 9.17) is 28.4 Å². The van der Waals surface area contributed by atoms with Gasteiger partial charge in [0.05, 0.1) is 42.6 Å². The van der Waals surface area contributed by atoms with E-state index in [0.29, 0.717) is 77.4 Å². The highest BCUT2D eigenvalue weighted by molar-refractivity contribution is 6.22. The van der Waals surface area contributed by atoms with E-state index in [2.05, 4.69) is 69.1 Å². The van der Waals surface area contributed by atoms with E-state index in [1.165, 1.54) is 12.7 Å². The Hall–Kier alpha value is -5.09. The molecule has 5 aliphatic heterocycles. The Kier molecular flexibility index (Phi) is 12.2. The number of benzene rings is 2. The standard InChI is InChI=1S/C60H74N2O12/c1-30(2)15-14-22-57(10)23-21-38-50(73-57)37(19-18-31(3)4)52-44(51(38)71-41-27-34-29-70-56(8,9)72-49(34)48(65)47(41)64)60-53-42(43-45(62(60)26-25-61-60)35-16-12-13-17-36(35)46(43)63)39-28-40(32(5)6)59(53,74-52)58(68,54(39)66)24-20-33(7)55(67)69-11/h12-13,15-18,20-21,23,32,34,39-42,47-49,53,61,64-65,68H,14,19,22,24-29H2,1-11H3/b33-20-/t34-,39?,40?,41-,42?,47+,48-,49-,53?,57?,58?,59?,60?/m1/s1. The summed E-state index contributed by atoms with van der Waals surface area (Å²) in [6.07, 6.45) is 7.79. The zero-order valence-corrected chi connectivity index (χ0v) is 44.8. The highest BCUT2D eigenvalue weighted by atomic mass is 16.7. The molecule has 12 rings (SSSR count). The van der Waals surface area contributed by atoms with Gasteiger partial charge in [0, 0.05) is 71.0 Å². The molecule has 5 heterocycles. The van der Waals surface area contributed by atoms with Gasteiger partial charge in [0.25, 0.3) is 0 Å². The summed E-state index contributed by atoms with van der Waals surface area (Å²) in [6.45, 7) is 20.9. The van der Waals surface area contributed by atoms with E-state index in [-0.39, 0.29) is 42.6 Å². The molecule has 4 N–H and O–H groups in total. The normalized spacial score (nSPS) is 36.6. The van der Waals surface area contributed by atoms with Gasteiger partial charge in [-0.1, -0.05) is 67.5 Å². The van der Waals surface area contributed by atoms with Gasteiger partial charge in [0.1, 0.15) is 46.8 Å². The van der Waals surface area contributed by atoms with Crippen LogP contribution in [0.1, 0.15) is 134 Å². The summed E-state index contributed by atoms with van der Waals surface area (Å²) in [5.41, 5.74) is 0.949. The first-order valence-corrected chi connectivity index (χ1v) is 26.9. The van der Waals surface area contributed by atoms with Crippen molar-refractivity contribution in [3.05, 3.63) is 98.7 Å². The highest BCUT2D eigenvalue weighted by Crippen LogP contribution is 2.75. The molecule has 8 unspecified atom stereocenters. The van der Waals surface area contributed by atoms with Crippen LogP contribution >= 0.6 is 0 Å². The lowest BCUT2D eigenvalue weighted by atomic mass is 9.38. The molecular weight excluding hydrogens is 941 g/mol. The van der Waals surface area contributed by atoms with Crippen molar-refractivity contribution < 1.29 is 58.1 Å². The van der Waals surface area contributed by atoms with Gasteiger partial charge in [0.15, 0.2) is 28.6 Å². The molecular formula is C60H74N2O12. The van der Waals surface area contributed by atoms with Crippen LogP contribution in [0.5, 0.6) is 17.2 Å². The van der Waals surface area contributed by atoms with Crippen molar-refractivity contribution in [3.63, 3.8) is 0 Å². The number of ether oxygens (including phenoxy) is 6. The second-order valence-corrected chi connectivity index (χ2v) is 24.1. The summed E-state index contributed by atoms with van der Waals surface area (Å²) >= 11 is 0. The number of aliphatic hydroxyl groups excluding tert-OH is 2. The molecule has 13 atom stereocenters. The average molecular weight is 1020 g/mol. The SMILES string of the molecule is COC(=O)/C(C)=C\CC1(O)C(=O)C2CC(C(C)C)C13Oc1c(CC=C(C)C)c4c(c(O[C@@H]5C[C@@H]6COC(C)(C)O[C@H]6[C@H](O)[C@H]5O)c1C15NCCN1C1=C(C(=O)c6ccccc61)C2C53)C=CC(C)(CCC=C(C)C)O4. The largest absolute Gasteiger partial charge is 0.486 e. The zero-order chi connectivity index (χ0) is 52.8. The van der Waals surface area contributed by atoms with E-state index in [9.17, 15) is 20.1 Å². The Morgan fingerprint density at radius 3 is 2.39 bits per heavy atom. The number of nitrogens with one attached hydrogen (secondary N) is 1. The summed E-state index contributed by atoms with van der Waals surface area (Å²) in [5, 5.41) is 42.5. The van der Waals surface area contributed by atoms with Crippen molar-refractivity contribution >= 4 is 29.3 Å². The Balaban J connectivity index is 1.24. The minimum atomic E-state index is -2.23. The second kappa shape index (κ2) is 17.7. The lowest BCUT2D eigenvalue weighted by molar-refractivity contribution is -0.328. The Morgan fingerprint density at radius 1 is 0.959 bits per heavy atom. The molecule has 0 amide bonds. The number of hydrogen-bond acceptors (Lipinski definition) is 14. The van der Waals surface area contributed by atoms with Gasteiger partial charge in [-0.05, 0) is 106 Å². The topological polar surface area (TPSA) is 183 Å². The number of hydrogen-bond donors (Lipinski definition) is 4. The lowest BCUT2D eigenvalue weighted by Gasteiger charge is -2.73. The molecule has 2 aromatic carbocycles. The Labute approximate surface area is 434 Å². The van der Waals surface area contributed by atoms with Crippen molar-refractivity contribution in [2.45, 2.75) is 160 Å². The molecule has 74 heavy (non-hydrogen) atoms. The van der Waals surface area contributed by atoms with Gasteiger partial charge in [0.2, 0.25) is 0 Å². The number of nitrogens with zero attached hydrogens (tertiary/aromatic N) is 1. The van der Waals surface area contributed by atoms with Crippen molar-refractivity contribution in [2.24, 2.45) is 35.5 Å². The van der Waals surface area contributed by atoms with Gasteiger partial charge in [-0.25, -0.2) is 4.79 Å². The number of fused-ring (bicyclic) bond motifs is 8. The summed E-state index contributed by atoms with van der Waals surface area (Å²) in [5.74, 6) is -4.12. The van der Waals surface area contributed by atoms with Crippen LogP contribution in [0.4, 0.5) is 0 Å². The number of aliphatic hydroxyl groups is 3. The minimum Gasteiger partial charge on any atom is -0.486 e. The number of rotatable bonds is 11. The van der Waals surface area contributed by atoms with E-state index < -0.39 is 88.1 Å². The van der Waals surface area contributed by atoms with Crippen molar-refractivity contribution in [2.75, 3.05) is 26.8 Å². The van der Waals surface area contributed by atoms with Crippen molar-refractivity contribution in [1.82, 2.24) is 10.2 Å². The fourth-order valence-electron chi connectivity index (χ4n) is 15.0. The van der Waals surface area contributed by atoms with Gasteiger partial charge in [-0.15, -0.1) is 0 Å². The number of methoxy groups -OCH3 is 1. The molecule has 5 aliphatic carbocycles. The predicted molar refractivity (Wildman–Crippen MR) is 277 cm³/mol. The second-order valence-electron chi connectivity index (χ2n) is 24.1. The minimum absolute atomic E-state index is 0.141. The maximum atomic E-state index is 16.0. The van der Waals surface area contributed by atoms with Crippen LogP contribution in [0, 0.1) is 35.5 Å². The molecule has 14 nitrogen and oxygen atoms in total. The Bertz CT molecular complexity index is 2880. The molecule has 2 saturated heterocycles. The van der Waals surface area contributed by atoms with E-state index in [0.717, 1.165) is 23.3 Å². The summed E-state index contributed by atoms with van der Waals surface area (Å²) in [4.78, 5) is 46.7. The number of allylic oxidation sites excluding steroid dienone is 5. The number of carbonyl (C=O) groups excluding carboxylic acids is 3. The highest BCUT2D eigenvalue weighted by Gasteiger charge is 2.84. The number of esters is 1. The van der Waals surface area contributed by atoms with Crippen LogP contribution in [-0.4, -0.2) is 112 Å². The average Bonchev–Trinajstić information content (AvgIpc) is 3.92. The van der Waals surface area contributed by atoms with Crippen molar-refractivity contribution in [3.8, 4) is 17.2 Å². The van der Waals surface area contributed by atoms with E-state index in [1.54, 1.807) is 26.8 Å². The van der Waals surface area contributed by atoms with Crippen LogP contribution in [0.15, 0.2) is 70.9 Å². The van der Waals surface area contributed by atoms with Crippen LogP contribution in [-0.2, 0) is 35.9 Å². The smallest absolute Gasteiger partial charge is 0.333 e. The van der Waals surface area contributed by atoms with Crippen LogP contribution < -0.4 is 19.5 Å². The summed E-state index contributed by atoms with van der Waals surface area (Å²) < 4.78 is 40.6. The summed E-state index contributed by atoms with van der Waals surface area (Å²) in [7, 11) is 1.30. The van der Waals surface area contributed by atoms with Crippen LogP contribution in [0.25, 0.3) is 11.8 Å². The molecule has 2 aromatic rings. The number of ketones is 2. The maximum absolute atomic E-state index is 16.0. The first-order chi connectivity index (χ1) is 35.0. The molecule has 0 aromatic heterocycles. The molecule has 396 valence electrons. The van der Waals surface area contributed by atoms with Crippen LogP contribution in [0.2, 0.25) is 0 Å². The van der Waals surface area contributed by atoms with E-state index in [1.807, 2.05) is 38.1 Å². The van der Waals surface area contributed by atoms with Gasteiger partial charge in [-0.3, -0.25) is 14.9 Å². The fraction of sp³-hybridized carbons (Fsp3) is 0.583. The van der Waals surface area contributed by atoms with E-state index >= 15 is 9.59 Å². The molecule has 14 heteroatoms. The zero-order valence-electron chi connectivity index (χ0n) is 44.8. The van der Waals surface area contributed by atoms with Gasteiger partial charge >= 0.3 is 5.97 Å². The molecule has 2 spiro atoms. The fourth-order valence-corrected chi connectivity index (χ4v) is 15.0. The first-order valence-electron chi connectivity index (χ1n) is 26.9. The number of Topliss-reactive ketones (excluding diaryl/α,β-unsaturated/α-hetero) is 2. The van der Waals surface area contributed by atoms with Crippen molar-refractivity contribution in [1.29, 1.82) is 0 Å². The summed E-state index contributed by atoms with van der Waals surface area (Å²) in [6, 6.07) is 7.65. The van der Waals surface area contributed by atoms with Crippen LogP contribution in [0.3, 0.4) is 0 Å². The van der Waals surface area contributed by atoms with Gasteiger partial charge < -0.3 is 48.6 Å². The molecule has 6 fully saturated rings. The van der Waals surface area contributed by atoms with Gasteiger partial charge in [-0.2, -0.15) is 0 Å². The molecule has 10 aliphatic rings. The molecule has 2 bridgehead atoms. The molecule has 0 radical (unpaired) electrons. The quantitative estimate of drug-likeness (QED) is 0.0968.